The monoisotopic (exact) mass is 262 g/mol. The summed E-state index contributed by atoms with van der Waals surface area (Å²) in [6, 6.07) is 9.84. The zero-order valence-electron chi connectivity index (χ0n) is 10.4. The molecule has 0 atom stereocenters. The summed E-state index contributed by atoms with van der Waals surface area (Å²) in [4.78, 5) is 13.0. The summed E-state index contributed by atoms with van der Waals surface area (Å²) in [5, 5.41) is 5.13. The van der Waals surface area contributed by atoms with Crippen LogP contribution in [0.5, 0.6) is 0 Å². The van der Waals surface area contributed by atoms with Crippen molar-refractivity contribution in [1.29, 1.82) is 0 Å². The third-order valence-corrected chi connectivity index (χ3v) is 3.17. The molecule has 0 saturated heterocycles. The van der Waals surface area contributed by atoms with Gasteiger partial charge in [-0.2, -0.15) is 4.98 Å². The highest BCUT2D eigenvalue weighted by atomic mass is 15.3. The zero-order chi connectivity index (χ0) is 13.5. The maximum atomic E-state index is 5.67. The first-order chi connectivity index (χ1) is 9.83. The number of hydrogen-bond donors (Lipinski definition) is 1. The molecule has 0 bridgehead atoms. The van der Waals surface area contributed by atoms with Gasteiger partial charge in [0.2, 0.25) is 5.95 Å². The highest BCUT2D eigenvalue weighted by Gasteiger charge is 2.12. The van der Waals surface area contributed by atoms with Crippen molar-refractivity contribution >= 4 is 22.5 Å². The molecule has 0 fully saturated rings. The molecule has 4 rings (SSSR count). The van der Waals surface area contributed by atoms with Gasteiger partial charge in [0.25, 0.3) is 0 Å². The summed E-state index contributed by atoms with van der Waals surface area (Å²) in [5.41, 5.74) is 8.94. The average molecular weight is 262 g/mol. The van der Waals surface area contributed by atoms with Crippen LogP contribution < -0.4 is 5.73 Å². The Kier molecular flexibility index (Phi) is 2.17. The van der Waals surface area contributed by atoms with E-state index in [1.165, 1.54) is 0 Å². The van der Waals surface area contributed by atoms with Gasteiger partial charge in [-0.25, -0.2) is 4.52 Å². The Hall–Kier alpha value is -3.02. The lowest BCUT2D eigenvalue weighted by Crippen LogP contribution is -1.94. The Bertz CT molecular complexity index is 922. The quantitative estimate of drug-likeness (QED) is 0.566. The minimum absolute atomic E-state index is 0.234. The SMILES string of the molecule is Nc1nc2c(-c3cccc4ncccc34)nccn2n1. The van der Waals surface area contributed by atoms with Crippen LogP contribution in [0.4, 0.5) is 5.95 Å². The van der Waals surface area contributed by atoms with Crippen LogP contribution in [0.15, 0.2) is 48.9 Å². The fourth-order valence-corrected chi connectivity index (χ4v) is 2.33. The van der Waals surface area contributed by atoms with Gasteiger partial charge in [-0.1, -0.05) is 18.2 Å². The van der Waals surface area contributed by atoms with Gasteiger partial charge < -0.3 is 5.73 Å². The number of rotatable bonds is 1. The molecular weight excluding hydrogens is 252 g/mol. The number of nitrogens with two attached hydrogens (primary N) is 1. The molecule has 1 aromatic carbocycles. The molecule has 20 heavy (non-hydrogen) atoms. The van der Waals surface area contributed by atoms with E-state index in [2.05, 4.69) is 20.1 Å². The van der Waals surface area contributed by atoms with Crippen LogP contribution in [0.3, 0.4) is 0 Å². The molecule has 0 aliphatic heterocycles. The van der Waals surface area contributed by atoms with E-state index in [1.54, 1.807) is 23.1 Å². The zero-order valence-corrected chi connectivity index (χ0v) is 10.4. The van der Waals surface area contributed by atoms with Crippen molar-refractivity contribution < 1.29 is 0 Å². The van der Waals surface area contributed by atoms with Crippen LogP contribution in [0, 0.1) is 0 Å². The van der Waals surface area contributed by atoms with E-state index in [-0.39, 0.29) is 5.95 Å². The van der Waals surface area contributed by atoms with Crippen LogP contribution in [-0.4, -0.2) is 24.6 Å². The molecule has 6 nitrogen and oxygen atoms in total. The average Bonchev–Trinajstić information content (AvgIpc) is 2.87. The third kappa shape index (κ3) is 1.51. The second-order valence-electron chi connectivity index (χ2n) is 4.39. The number of nitrogen functional groups attached to an aromatic ring is 1. The van der Waals surface area contributed by atoms with Gasteiger partial charge in [0, 0.05) is 29.5 Å². The van der Waals surface area contributed by atoms with Crippen molar-refractivity contribution in [3.63, 3.8) is 0 Å². The fraction of sp³-hybridized carbons (Fsp3) is 0. The van der Waals surface area contributed by atoms with Crippen LogP contribution in [0.1, 0.15) is 0 Å². The second kappa shape index (κ2) is 3.99. The van der Waals surface area contributed by atoms with Gasteiger partial charge in [0.1, 0.15) is 5.69 Å². The molecule has 0 aliphatic carbocycles. The van der Waals surface area contributed by atoms with Crippen LogP contribution in [-0.2, 0) is 0 Å². The molecule has 0 saturated carbocycles. The van der Waals surface area contributed by atoms with Crippen molar-refractivity contribution in [2.45, 2.75) is 0 Å². The molecule has 3 aromatic heterocycles. The molecule has 2 N–H and O–H groups in total. The van der Waals surface area contributed by atoms with E-state index in [0.717, 1.165) is 22.2 Å². The highest BCUT2D eigenvalue weighted by Crippen LogP contribution is 2.28. The Morgan fingerprint density at radius 1 is 1.00 bits per heavy atom. The summed E-state index contributed by atoms with van der Waals surface area (Å²) in [5.74, 6) is 0.234. The topological polar surface area (TPSA) is 82.0 Å². The van der Waals surface area contributed by atoms with Gasteiger partial charge in [-0.3, -0.25) is 9.97 Å². The summed E-state index contributed by atoms with van der Waals surface area (Å²) in [7, 11) is 0. The van der Waals surface area contributed by atoms with Crippen molar-refractivity contribution in [3.8, 4) is 11.3 Å². The first-order valence-electron chi connectivity index (χ1n) is 6.14. The molecule has 0 unspecified atom stereocenters. The van der Waals surface area contributed by atoms with Gasteiger partial charge in [-0.05, 0) is 12.1 Å². The van der Waals surface area contributed by atoms with Crippen LogP contribution in [0.2, 0.25) is 0 Å². The molecule has 0 spiro atoms. The van der Waals surface area contributed by atoms with Gasteiger partial charge in [0.05, 0.1) is 5.52 Å². The lowest BCUT2D eigenvalue weighted by atomic mass is 10.1. The molecule has 0 aliphatic rings. The Balaban J connectivity index is 2.11. The maximum Gasteiger partial charge on any atom is 0.240 e. The molecule has 6 heteroatoms. The van der Waals surface area contributed by atoms with E-state index in [0.29, 0.717) is 5.65 Å². The van der Waals surface area contributed by atoms with E-state index < -0.39 is 0 Å². The van der Waals surface area contributed by atoms with Crippen LogP contribution >= 0.6 is 0 Å². The minimum Gasteiger partial charge on any atom is -0.366 e. The molecule has 4 aromatic rings. The summed E-state index contributed by atoms with van der Waals surface area (Å²) >= 11 is 0. The van der Waals surface area contributed by atoms with E-state index in [9.17, 15) is 0 Å². The van der Waals surface area contributed by atoms with Gasteiger partial charge in [-0.15, -0.1) is 5.10 Å². The Morgan fingerprint density at radius 2 is 1.95 bits per heavy atom. The van der Waals surface area contributed by atoms with Gasteiger partial charge in [0.15, 0.2) is 5.65 Å². The van der Waals surface area contributed by atoms with Gasteiger partial charge >= 0.3 is 0 Å². The molecule has 3 heterocycles. The normalized spacial score (nSPS) is 11.2. The van der Waals surface area contributed by atoms with Crippen LogP contribution in [0.25, 0.3) is 27.8 Å². The predicted molar refractivity (Wildman–Crippen MR) is 75.9 cm³/mol. The lowest BCUT2D eigenvalue weighted by Gasteiger charge is -2.05. The maximum absolute atomic E-state index is 5.67. The number of pyridine rings is 1. The van der Waals surface area contributed by atoms with E-state index in [1.807, 2.05) is 30.3 Å². The van der Waals surface area contributed by atoms with Crippen molar-refractivity contribution in [1.82, 2.24) is 24.6 Å². The first kappa shape index (κ1) is 10.9. The van der Waals surface area contributed by atoms with E-state index >= 15 is 0 Å². The summed E-state index contributed by atoms with van der Waals surface area (Å²) in [6.07, 6.45) is 5.19. The smallest absolute Gasteiger partial charge is 0.240 e. The fourth-order valence-electron chi connectivity index (χ4n) is 2.33. The lowest BCUT2D eigenvalue weighted by molar-refractivity contribution is 0.954. The largest absolute Gasteiger partial charge is 0.366 e. The minimum atomic E-state index is 0.234. The van der Waals surface area contributed by atoms with Crippen molar-refractivity contribution in [2.75, 3.05) is 5.73 Å². The molecule has 0 amide bonds. The number of anilines is 1. The van der Waals surface area contributed by atoms with Crippen molar-refractivity contribution in [3.05, 3.63) is 48.9 Å². The van der Waals surface area contributed by atoms with Crippen molar-refractivity contribution in [2.24, 2.45) is 0 Å². The Labute approximate surface area is 113 Å². The third-order valence-electron chi connectivity index (χ3n) is 3.17. The number of fused-ring (bicyclic) bond motifs is 2. The standard InChI is InChI=1S/C14H10N6/c15-14-18-13-12(17-7-8-20(13)19-14)10-3-1-5-11-9(10)4-2-6-16-11/h1-8H,(H2,15,19). The Morgan fingerprint density at radius 3 is 2.90 bits per heavy atom. The number of hydrogen-bond acceptors (Lipinski definition) is 5. The van der Waals surface area contributed by atoms with E-state index in [4.69, 9.17) is 5.73 Å². The number of aromatic nitrogens is 5. The molecule has 0 radical (unpaired) electrons. The molecular formula is C14H10N6. The predicted octanol–water partition coefficient (Wildman–Crippen LogP) is 1.92. The summed E-state index contributed by atoms with van der Waals surface area (Å²) in [6.45, 7) is 0. The highest BCUT2D eigenvalue weighted by molar-refractivity contribution is 5.96. The molecule has 96 valence electrons. The second-order valence-corrected chi connectivity index (χ2v) is 4.39. The number of benzene rings is 1. The number of nitrogens with zero attached hydrogens (tertiary/aromatic N) is 5. The first-order valence-corrected chi connectivity index (χ1v) is 6.14. The summed E-state index contributed by atoms with van der Waals surface area (Å²) < 4.78 is 1.63.